The molecule has 1 amide bonds. The van der Waals surface area contributed by atoms with E-state index in [2.05, 4.69) is 10.3 Å². The van der Waals surface area contributed by atoms with E-state index in [9.17, 15) is 9.59 Å². The second-order valence-corrected chi connectivity index (χ2v) is 7.89. The molecule has 0 unspecified atom stereocenters. The Hall–Kier alpha value is -3.61. The lowest BCUT2D eigenvalue weighted by atomic mass is 10.0. The van der Waals surface area contributed by atoms with Crippen molar-refractivity contribution in [2.45, 2.75) is 0 Å². The Morgan fingerprint density at radius 3 is 2.45 bits per heavy atom. The summed E-state index contributed by atoms with van der Waals surface area (Å²) in [6.45, 7) is -0.446. The number of para-hydroxylation sites is 1. The number of hydrogen-bond acceptors (Lipinski definition) is 5. The predicted octanol–water partition coefficient (Wildman–Crippen LogP) is 6.01. The normalized spacial score (nSPS) is 10.6. The Bertz CT molecular complexity index is 1340. The number of methoxy groups -OCH3 is 1. The van der Waals surface area contributed by atoms with Gasteiger partial charge in [-0.15, -0.1) is 0 Å². The van der Waals surface area contributed by atoms with E-state index in [4.69, 9.17) is 32.7 Å². The molecule has 1 aromatic heterocycles. The molecule has 166 valence electrons. The largest absolute Gasteiger partial charge is 0.497 e. The van der Waals surface area contributed by atoms with Crippen LogP contribution in [0.5, 0.6) is 5.75 Å². The summed E-state index contributed by atoms with van der Waals surface area (Å²) in [6, 6.07) is 20.6. The van der Waals surface area contributed by atoms with Crippen LogP contribution in [0.2, 0.25) is 10.0 Å². The summed E-state index contributed by atoms with van der Waals surface area (Å²) in [5, 5.41) is 4.18. The molecular formula is C25H18Cl2N2O4. The monoisotopic (exact) mass is 480 g/mol. The Morgan fingerprint density at radius 1 is 0.970 bits per heavy atom. The minimum atomic E-state index is -0.648. The van der Waals surface area contributed by atoms with Crippen molar-refractivity contribution in [2.75, 3.05) is 19.0 Å². The highest BCUT2D eigenvalue weighted by atomic mass is 35.5. The molecule has 3 aromatic carbocycles. The number of nitrogens with zero attached hydrogens (tertiary/aromatic N) is 1. The maximum Gasteiger partial charge on any atom is 0.339 e. The fourth-order valence-electron chi connectivity index (χ4n) is 3.26. The average Bonchev–Trinajstić information content (AvgIpc) is 2.82. The SMILES string of the molecule is COc1ccc(NC(=O)COC(=O)c2cc(-c3ccc(Cl)cc3Cl)nc3ccccc23)cc1. The van der Waals surface area contributed by atoms with Gasteiger partial charge in [-0.3, -0.25) is 4.79 Å². The number of anilines is 1. The van der Waals surface area contributed by atoms with E-state index >= 15 is 0 Å². The highest BCUT2D eigenvalue weighted by molar-refractivity contribution is 6.36. The smallest absolute Gasteiger partial charge is 0.339 e. The van der Waals surface area contributed by atoms with Crippen molar-refractivity contribution in [1.82, 2.24) is 4.98 Å². The van der Waals surface area contributed by atoms with Crippen LogP contribution in [0.25, 0.3) is 22.2 Å². The fraction of sp³-hybridized carbons (Fsp3) is 0.0800. The molecule has 0 aliphatic rings. The molecule has 0 aliphatic carbocycles. The third-order valence-corrected chi connectivity index (χ3v) is 5.40. The van der Waals surface area contributed by atoms with Crippen LogP contribution in [0.4, 0.5) is 5.69 Å². The molecule has 1 heterocycles. The average molecular weight is 481 g/mol. The lowest BCUT2D eigenvalue weighted by Crippen LogP contribution is -2.21. The zero-order chi connectivity index (χ0) is 23.4. The van der Waals surface area contributed by atoms with E-state index in [-0.39, 0.29) is 5.56 Å². The van der Waals surface area contributed by atoms with E-state index in [0.29, 0.717) is 43.6 Å². The van der Waals surface area contributed by atoms with Crippen molar-refractivity contribution in [1.29, 1.82) is 0 Å². The van der Waals surface area contributed by atoms with Gasteiger partial charge in [-0.25, -0.2) is 9.78 Å². The van der Waals surface area contributed by atoms with E-state index in [1.54, 1.807) is 73.8 Å². The summed E-state index contributed by atoms with van der Waals surface area (Å²) >= 11 is 12.3. The third kappa shape index (κ3) is 5.25. The number of nitrogens with one attached hydrogen (secondary N) is 1. The number of pyridine rings is 1. The van der Waals surface area contributed by atoms with Crippen molar-refractivity contribution in [3.63, 3.8) is 0 Å². The first kappa shape index (κ1) is 22.6. The zero-order valence-electron chi connectivity index (χ0n) is 17.5. The van der Waals surface area contributed by atoms with Crippen LogP contribution < -0.4 is 10.1 Å². The second kappa shape index (κ2) is 9.90. The number of ether oxygens (including phenoxy) is 2. The number of carbonyl (C=O) groups is 2. The van der Waals surface area contributed by atoms with Gasteiger partial charge in [-0.05, 0) is 54.6 Å². The van der Waals surface area contributed by atoms with Gasteiger partial charge in [0.2, 0.25) is 0 Å². The van der Waals surface area contributed by atoms with Crippen LogP contribution in [0.15, 0.2) is 72.8 Å². The molecule has 33 heavy (non-hydrogen) atoms. The maximum atomic E-state index is 12.9. The lowest BCUT2D eigenvalue weighted by Gasteiger charge is -2.11. The third-order valence-electron chi connectivity index (χ3n) is 4.85. The first-order valence-corrected chi connectivity index (χ1v) is 10.7. The molecule has 6 nitrogen and oxygen atoms in total. The molecule has 4 rings (SSSR count). The van der Waals surface area contributed by atoms with Crippen molar-refractivity contribution < 1.29 is 19.1 Å². The minimum absolute atomic E-state index is 0.277. The molecule has 0 spiro atoms. The van der Waals surface area contributed by atoms with Gasteiger partial charge >= 0.3 is 5.97 Å². The number of rotatable bonds is 6. The summed E-state index contributed by atoms with van der Waals surface area (Å²) in [4.78, 5) is 29.8. The number of carbonyl (C=O) groups excluding carboxylic acids is 2. The molecule has 0 fully saturated rings. The molecule has 0 bridgehead atoms. The highest BCUT2D eigenvalue weighted by Gasteiger charge is 2.18. The van der Waals surface area contributed by atoms with Crippen LogP contribution in [-0.2, 0) is 9.53 Å². The lowest BCUT2D eigenvalue weighted by molar-refractivity contribution is -0.119. The Kier molecular flexibility index (Phi) is 6.77. The van der Waals surface area contributed by atoms with Gasteiger partial charge in [0.05, 0.1) is 28.9 Å². The predicted molar refractivity (Wildman–Crippen MR) is 129 cm³/mol. The molecule has 4 aromatic rings. The van der Waals surface area contributed by atoms with Gasteiger partial charge in [0.25, 0.3) is 5.91 Å². The van der Waals surface area contributed by atoms with Crippen LogP contribution in [-0.4, -0.2) is 30.6 Å². The number of esters is 1. The number of halogens is 2. The van der Waals surface area contributed by atoms with Crippen molar-refractivity contribution in [3.05, 3.63) is 88.4 Å². The molecule has 0 saturated carbocycles. The Labute approximate surface area is 200 Å². The van der Waals surface area contributed by atoms with Crippen LogP contribution >= 0.6 is 23.2 Å². The highest BCUT2D eigenvalue weighted by Crippen LogP contribution is 2.32. The summed E-state index contributed by atoms with van der Waals surface area (Å²) in [5.74, 6) is -0.446. The van der Waals surface area contributed by atoms with Crippen molar-refractivity contribution >= 4 is 51.7 Å². The molecule has 8 heteroatoms. The number of amides is 1. The molecule has 0 saturated heterocycles. The van der Waals surface area contributed by atoms with E-state index in [1.165, 1.54) is 0 Å². The maximum absolute atomic E-state index is 12.9. The van der Waals surface area contributed by atoms with Crippen LogP contribution in [0.3, 0.4) is 0 Å². The van der Waals surface area contributed by atoms with Crippen molar-refractivity contribution in [3.8, 4) is 17.0 Å². The quantitative estimate of drug-likeness (QED) is 0.341. The number of aromatic nitrogens is 1. The second-order valence-electron chi connectivity index (χ2n) is 7.05. The summed E-state index contributed by atoms with van der Waals surface area (Å²) in [6.07, 6.45) is 0. The zero-order valence-corrected chi connectivity index (χ0v) is 19.0. The minimum Gasteiger partial charge on any atom is -0.497 e. The van der Waals surface area contributed by atoms with Crippen LogP contribution in [0, 0.1) is 0 Å². The standard InChI is InChI=1S/C25H18Cl2N2O4/c1-32-17-9-7-16(8-10-17)28-24(30)14-33-25(31)20-13-23(19-11-6-15(26)12-21(19)27)29-22-5-3-2-4-18(20)22/h2-13H,14H2,1H3,(H,28,30). The van der Waals surface area contributed by atoms with Gasteiger partial charge in [-0.2, -0.15) is 0 Å². The number of hydrogen-bond donors (Lipinski definition) is 1. The molecule has 0 aliphatic heterocycles. The molecule has 1 N–H and O–H groups in total. The first-order chi connectivity index (χ1) is 15.9. The number of benzene rings is 3. The van der Waals surface area contributed by atoms with E-state index < -0.39 is 18.5 Å². The fourth-order valence-corrected chi connectivity index (χ4v) is 3.77. The van der Waals surface area contributed by atoms with E-state index in [1.807, 2.05) is 6.07 Å². The summed E-state index contributed by atoms with van der Waals surface area (Å²) in [5.41, 5.74) is 2.54. The Morgan fingerprint density at radius 2 is 1.73 bits per heavy atom. The van der Waals surface area contributed by atoms with Crippen molar-refractivity contribution in [2.24, 2.45) is 0 Å². The summed E-state index contributed by atoms with van der Waals surface area (Å²) in [7, 11) is 1.56. The van der Waals surface area contributed by atoms with Gasteiger partial charge in [0, 0.05) is 21.7 Å². The molecule has 0 atom stereocenters. The first-order valence-electron chi connectivity index (χ1n) is 9.91. The van der Waals surface area contributed by atoms with Gasteiger partial charge < -0.3 is 14.8 Å². The molecular weight excluding hydrogens is 463 g/mol. The van der Waals surface area contributed by atoms with Gasteiger partial charge in [0.1, 0.15) is 5.75 Å². The van der Waals surface area contributed by atoms with Gasteiger partial charge in [-0.1, -0.05) is 41.4 Å². The van der Waals surface area contributed by atoms with E-state index in [0.717, 1.165) is 0 Å². The van der Waals surface area contributed by atoms with Gasteiger partial charge in [0.15, 0.2) is 6.61 Å². The number of fused-ring (bicyclic) bond motifs is 1. The topological polar surface area (TPSA) is 77.5 Å². The Balaban J connectivity index is 1.56. The molecule has 0 radical (unpaired) electrons. The van der Waals surface area contributed by atoms with Crippen LogP contribution in [0.1, 0.15) is 10.4 Å². The summed E-state index contributed by atoms with van der Waals surface area (Å²) < 4.78 is 10.4.